The van der Waals surface area contributed by atoms with Crippen LogP contribution in [0.3, 0.4) is 0 Å². The maximum absolute atomic E-state index is 13.3. The Morgan fingerprint density at radius 1 is 1.06 bits per heavy atom. The second-order valence-electron chi connectivity index (χ2n) is 10.5. The van der Waals surface area contributed by atoms with Gasteiger partial charge >= 0.3 is 0 Å². The van der Waals surface area contributed by atoms with Crippen LogP contribution in [0.5, 0.6) is 0 Å². The van der Waals surface area contributed by atoms with Crippen molar-refractivity contribution >= 4 is 23.2 Å². The lowest BCUT2D eigenvalue weighted by Crippen LogP contribution is -2.49. The summed E-state index contributed by atoms with van der Waals surface area (Å²) < 4.78 is 0. The molecule has 1 aliphatic carbocycles. The van der Waals surface area contributed by atoms with Crippen molar-refractivity contribution in [2.45, 2.75) is 78.2 Å². The van der Waals surface area contributed by atoms with E-state index in [1.807, 2.05) is 39.8 Å². The van der Waals surface area contributed by atoms with Crippen molar-refractivity contribution < 1.29 is 19.2 Å². The summed E-state index contributed by atoms with van der Waals surface area (Å²) in [5.41, 5.74) is 3.30. The number of Topliss-reactive ketones (excluding diaryl/α,β-unsaturated/α-hetero) is 2. The molecule has 2 heterocycles. The number of benzene rings is 1. The molecule has 0 N–H and O–H groups in total. The molecular formula is C27H32N2O4. The average Bonchev–Trinajstić information content (AvgIpc) is 3.09. The Morgan fingerprint density at radius 2 is 1.64 bits per heavy atom. The zero-order valence-electron chi connectivity index (χ0n) is 20.2. The lowest BCUT2D eigenvalue weighted by Gasteiger charge is -2.44. The molecule has 1 spiro atoms. The van der Waals surface area contributed by atoms with E-state index in [1.165, 1.54) is 0 Å². The van der Waals surface area contributed by atoms with Crippen molar-refractivity contribution in [3.05, 3.63) is 34.4 Å². The maximum Gasteiger partial charge on any atom is 0.271 e. The van der Waals surface area contributed by atoms with Gasteiger partial charge in [0.2, 0.25) is 0 Å². The summed E-state index contributed by atoms with van der Waals surface area (Å²) in [6.45, 7) is 10.6. The quantitative estimate of drug-likeness (QED) is 0.509. The van der Waals surface area contributed by atoms with Crippen LogP contribution in [0.15, 0.2) is 17.3 Å². The van der Waals surface area contributed by atoms with E-state index in [4.69, 9.17) is 4.84 Å². The van der Waals surface area contributed by atoms with Crippen LogP contribution >= 0.6 is 0 Å². The number of likely N-dealkylation sites (tertiary alicyclic amines) is 1. The largest absolute Gasteiger partial charge is 0.389 e. The normalized spacial score (nSPS) is 22.0. The van der Waals surface area contributed by atoms with Gasteiger partial charge in [-0.1, -0.05) is 11.1 Å². The van der Waals surface area contributed by atoms with Crippen LogP contribution in [-0.2, 0) is 19.2 Å². The summed E-state index contributed by atoms with van der Waals surface area (Å²) in [4.78, 5) is 46.6. The number of piperidine rings is 1. The van der Waals surface area contributed by atoms with Crippen molar-refractivity contribution in [2.75, 3.05) is 13.1 Å². The molecule has 2 aliphatic heterocycles. The minimum atomic E-state index is -0.689. The number of nitrogens with zero attached hydrogens (tertiary/aromatic N) is 2. The highest BCUT2D eigenvalue weighted by Crippen LogP contribution is 2.46. The van der Waals surface area contributed by atoms with Crippen molar-refractivity contribution in [3.63, 3.8) is 0 Å². The van der Waals surface area contributed by atoms with Crippen LogP contribution in [0.2, 0.25) is 0 Å². The van der Waals surface area contributed by atoms with E-state index in [-0.39, 0.29) is 22.9 Å². The third-order valence-corrected chi connectivity index (χ3v) is 7.25. The first-order valence-corrected chi connectivity index (χ1v) is 11.7. The van der Waals surface area contributed by atoms with Gasteiger partial charge in [-0.25, -0.2) is 0 Å². The molecule has 174 valence electrons. The van der Waals surface area contributed by atoms with Gasteiger partial charge in [0.15, 0.2) is 0 Å². The highest BCUT2D eigenvalue weighted by atomic mass is 16.7. The van der Waals surface area contributed by atoms with Crippen LogP contribution in [0, 0.1) is 31.1 Å². The molecule has 0 radical (unpaired) electrons. The van der Waals surface area contributed by atoms with Gasteiger partial charge in [0.1, 0.15) is 28.8 Å². The minimum Gasteiger partial charge on any atom is -0.389 e. The second-order valence-corrected chi connectivity index (χ2v) is 10.5. The molecule has 0 unspecified atom stereocenters. The molecule has 3 aliphatic rings. The zero-order chi connectivity index (χ0) is 24.0. The molecule has 1 saturated heterocycles. The predicted molar refractivity (Wildman–Crippen MR) is 126 cm³/mol. The molecule has 1 amide bonds. The smallest absolute Gasteiger partial charge is 0.271 e. The van der Waals surface area contributed by atoms with Gasteiger partial charge in [-0.2, -0.15) is 0 Å². The van der Waals surface area contributed by atoms with E-state index < -0.39 is 11.5 Å². The summed E-state index contributed by atoms with van der Waals surface area (Å²) in [7, 11) is 0. The number of aryl methyl sites for hydroxylation is 2. The lowest BCUT2D eigenvalue weighted by atomic mass is 9.62. The van der Waals surface area contributed by atoms with Gasteiger partial charge in [-0.3, -0.25) is 14.4 Å². The highest BCUT2D eigenvalue weighted by Gasteiger charge is 2.48. The first-order valence-electron chi connectivity index (χ1n) is 11.7. The van der Waals surface area contributed by atoms with E-state index in [0.29, 0.717) is 50.9 Å². The number of amides is 1. The van der Waals surface area contributed by atoms with Crippen LogP contribution in [0.1, 0.15) is 81.0 Å². The van der Waals surface area contributed by atoms with Gasteiger partial charge in [0, 0.05) is 37.9 Å². The first kappa shape index (κ1) is 23.2. The van der Waals surface area contributed by atoms with E-state index in [9.17, 15) is 14.4 Å². The topological polar surface area (TPSA) is 76.0 Å². The Bertz CT molecular complexity index is 1070. The monoisotopic (exact) mass is 448 g/mol. The van der Waals surface area contributed by atoms with Gasteiger partial charge in [-0.15, -0.1) is 5.92 Å². The molecule has 1 saturated carbocycles. The average molecular weight is 449 g/mol. The molecule has 4 rings (SSSR count). The molecule has 0 aromatic heterocycles. The summed E-state index contributed by atoms with van der Waals surface area (Å²) in [6.07, 6.45) is 2.58. The lowest BCUT2D eigenvalue weighted by molar-refractivity contribution is -0.139. The Morgan fingerprint density at radius 3 is 2.12 bits per heavy atom. The van der Waals surface area contributed by atoms with Gasteiger partial charge in [-0.05, 0) is 81.7 Å². The third-order valence-electron chi connectivity index (χ3n) is 7.25. The van der Waals surface area contributed by atoms with Crippen molar-refractivity contribution in [1.82, 2.24) is 4.90 Å². The molecule has 1 aromatic carbocycles. The number of ketones is 2. The molecular weight excluding hydrogens is 416 g/mol. The van der Waals surface area contributed by atoms with Crippen LogP contribution in [0.4, 0.5) is 0 Å². The first-order chi connectivity index (χ1) is 15.5. The number of carbonyl (C=O) groups is 3. The number of carbonyl (C=O) groups excluding carboxylic acids is 3. The Labute approximate surface area is 195 Å². The second kappa shape index (κ2) is 8.44. The van der Waals surface area contributed by atoms with Crippen molar-refractivity contribution in [2.24, 2.45) is 10.6 Å². The zero-order valence-corrected chi connectivity index (χ0v) is 20.2. The molecule has 2 fully saturated rings. The standard InChI is InChI=1S/C27H32N2O4/c1-6-7-19-12-17(2)23(18(3)13-19)24-21(30)15-27(16-22(24)31)8-10-29(11-9-27)25(32)20-14-26(4,5)33-28-20/h12-13,24H,8-11,14-16H2,1-5H3. The van der Waals surface area contributed by atoms with Crippen LogP contribution < -0.4 is 0 Å². The Hall–Kier alpha value is -2.94. The third kappa shape index (κ3) is 4.46. The van der Waals surface area contributed by atoms with Crippen LogP contribution in [0.25, 0.3) is 0 Å². The highest BCUT2D eigenvalue weighted by molar-refractivity contribution is 6.39. The van der Waals surface area contributed by atoms with Crippen molar-refractivity contribution in [3.8, 4) is 11.8 Å². The fraction of sp³-hybridized carbons (Fsp3) is 0.556. The molecule has 0 bridgehead atoms. The Kier molecular flexibility index (Phi) is 5.94. The van der Waals surface area contributed by atoms with E-state index in [2.05, 4.69) is 17.0 Å². The maximum atomic E-state index is 13.3. The number of oxime groups is 1. The van der Waals surface area contributed by atoms with Gasteiger partial charge in [0.25, 0.3) is 5.91 Å². The molecule has 33 heavy (non-hydrogen) atoms. The number of rotatable bonds is 2. The SMILES string of the molecule is CC#Cc1cc(C)c(C2C(=O)CC3(CCN(C(=O)C4=NOC(C)(C)C4)CC3)CC2=O)c(C)c1. The summed E-state index contributed by atoms with van der Waals surface area (Å²) >= 11 is 0. The number of hydrogen-bond acceptors (Lipinski definition) is 5. The fourth-order valence-corrected chi connectivity index (χ4v) is 5.64. The number of hydrogen-bond donors (Lipinski definition) is 0. The summed E-state index contributed by atoms with van der Waals surface area (Å²) in [6, 6.07) is 3.93. The van der Waals surface area contributed by atoms with E-state index in [1.54, 1.807) is 11.8 Å². The van der Waals surface area contributed by atoms with Crippen molar-refractivity contribution in [1.29, 1.82) is 0 Å². The van der Waals surface area contributed by atoms with Gasteiger partial charge in [0.05, 0.1) is 0 Å². The molecule has 6 nitrogen and oxygen atoms in total. The minimum absolute atomic E-state index is 0.00173. The van der Waals surface area contributed by atoms with E-state index >= 15 is 0 Å². The molecule has 1 aromatic rings. The van der Waals surface area contributed by atoms with Crippen LogP contribution in [-0.4, -0.2) is 46.8 Å². The summed E-state index contributed by atoms with van der Waals surface area (Å²) in [5.74, 6) is 5.18. The molecule has 0 atom stereocenters. The Balaban J connectivity index is 1.46. The van der Waals surface area contributed by atoms with E-state index in [0.717, 1.165) is 22.3 Å². The summed E-state index contributed by atoms with van der Waals surface area (Å²) in [5, 5.41) is 3.98. The van der Waals surface area contributed by atoms with Gasteiger partial charge < -0.3 is 9.74 Å². The molecule has 6 heteroatoms. The fourth-order valence-electron chi connectivity index (χ4n) is 5.64. The predicted octanol–water partition coefficient (Wildman–Crippen LogP) is 3.85.